The monoisotopic (exact) mass is 367 g/mol. The van der Waals surface area contributed by atoms with Gasteiger partial charge in [0.1, 0.15) is 6.33 Å². The van der Waals surface area contributed by atoms with E-state index in [9.17, 15) is 10.1 Å². The van der Waals surface area contributed by atoms with Crippen molar-refractivity contribution in [1.29, 1.82) is 0 Å². The molecule has 1 saturated heterocycles. The first-order chi connectivity index (χ1) is 12.6. The molecule has 2 heterocycles. The number of ether oxygens (including phenoxy) is 2. The summed E-state index contributed by atoms with van der Waals surface area (Å²) in [6.45, 7) is 4.78. The molecule has 1 aromatic rings. The molecule has 146 valence electrons. The molecule has 1 fully saturated rings. The molecule has 1 unspecified atom stereocenters. The van der Waals surface area contributed by atoms with Crippen molar-refractivity contribution in [2.45, 2.75) is 38.6 Å². The second kappa shape index (κ2) is 10.2. The summed E-state index contributed by atoms with van der Waals surface area (Å²) in [5, 5.41) is 11.9. The molecule has 0 radical (unpaired) electrons. The fourth-order valence-corrected chi connectivity index (χ4v) is 3.40. The Kier molecular flexibility index (Phi) is 7.99. The van der Waals surface area contributed by atoms with Gasteiger partial charge in [0.2, 0.25) is 11.6 Å². The highest BCUT2D eigenvalue weighted by molar-refractivity contribution is 5.71. The van der Waals surface area contributed by atoms with Gasteiger partial charge in [0.05, 0.1) is 18.1 Å². The average molecular weight is 367 g/mol. The molecule has 1 aliphatic heterocycles. The van der Waals surface area contributed by atoms with Crippen LogP contribution in [0.15, 0.2) is 6.33 Å². The Hall–Kier alpha value is -2.00. The summed E-state index contributed by atoms with van der Waals surface area (Å²) in [6.07, 6.45) is 5.56. The third kappa shape index (κ3) is 4.79. The normalized spacial score (nSPS) is 17.3. The van der Waals surface area contributed by atoms with Crippen LogP contribution in [0.25, 0.3) is 0 Å². The van der Waals surface area contributed by atoms with Crippen molar-refractivity contribution >= 4 is 17.3 Å². The fourth-order valence-electron chi connectivity index (χ4n) is 3.40. The standard InChI is InChI=1S/C17H29N5O4/c1-4-14-7-5-6-8-21(14)17-15(22(23)24)16(18-13-19-17)20(9-11-25-2)10-12-26-3/h13-14H,4-12H2,1-3H3. The van der Waals surface area contributed by atoms with Crippen molar-refractivity contribution in [3.05, 3.63) is 16.4 Å². The zero-order chi connectivity index (χ0) is 18.9. The number of methoxy groups -OCH3 is 2. The van der Waals surface area contributed by atoms with Crippen molar-refractivity contribution in [2.75, 3.05) is 56.9 Å². The van der Waals surface area contributed by atoms with E-state index in [0.29, 0.717) is 37.9 Å². The molecule has 0 saturated carbocycles. The molecule has 1 atom stereocenters. The fraction of sp³-hybridized carbons (Fsp3) is 0.765. The number of hydrogen-bond acceptors (Lipinski definition) is 8. The SMILES string of the molecule is CCC1CCCCN1c1ncnc(N(CCOC)CCOC)c1[N+](=O)[O-]. The van der Waals surface area contributed by atoms with E-state index in [4.69, 9.17) is 9.47 Å². The number of nitro groups is 1. The van der Waals surface area contributed by atoms with E-state index in [1.165, 1.54) is 6.33 Å². The Balaban J connectivity index is 2.43. The molecule has 0 bridgehead atoms. The molecule has 1 aromatic heterocycles. The largest absolute Gasteiger partial charge is 0.383 e. The van der Waals surface area contributed by atoms with Gasteiger partial charge in [-0.1, -0.05) is 6.92 Å². The van der Waals surface area contributed by atoms with Crippen molar-refractivity contribution in [3.63, 3.8) is 0 Å². The second-order valence-electron chi connectivity index (χ2n) is 6.35. The molecular weight excluding hydrogens is 338 g/mol. The van der Waals surface area contributed by atoms with E-state index in [2.05, 4.69) is 21.8 Å². The lowest BCUT2D eigenvalue weighted by Crippen LogP contribution is -2.40. The van der Waals surface area contributed by atoms with Crippen LogP contribution in [0.4, 0.5) is 17.3 Å². The number of nitrogens with zero attached hydrogens (tertiary/aromatic N) is 5. The quantitative estimate of drug-likeness (QED) is 0.459. The Morgan fingerprint density at radius 2 is 1.96 bits per heavy atom. The molecule has 0 amide bonds. The molecule has 0 N–H and O–H groups in total. The molecule has 9 heteroatoms. The molecule has 9 nitrogen and oxygen atoms in total. The van der Waals surface area contributed by atoms with Crippen LogP contribution in [0.3, 0.4) is 0 Å². The van der Waals surface area contributed by atoms with E-state index >= 15 is 0 Å². The van der Waals surface area contributed by atoms with Gasteiger partial charge in [-0.05, 0) is 25.7 Å². The van der Waals surface area contributed by atoms with Crippen molar-refractivity contribution in [3.8, 4) is 0 Å². The molecule has 0 aliphatic carbocycles. The van der Waals surface area contributed by atoms with Gasteiger partial charge in [0.15, 0.2) is 0 Å². The van der Waals surface area contributed by atoms with Gasteiger partial charge in [-0.3, -0.25) is 10.1 Å². The van der Waals surface area contributed by atoms with Crippen LogP contribution in [0.1, 0.15) is 32.6 Å². The minimum absolute atomic E-state index is 0.0277. The summed E-state index contributed by atoms with van der Waals surface area (Å²) < 4.78 is 10.3. The molecule has 26 heavy (non-hydrogen) atoms. The van der Waals surface area contributed by atoms with E-state index in [1.807, 2.05) is 4.90 Å². The molecule has 0 aromatic carbocycles. The first-order valence-electron chi connectivity index (χ1n) is 9.12. The van der Waals surface area contributed by atoms with Gasteiger partial charge < -0.3 is 19.3 Å². The summed E-state index contributed by atoms with van der Waals surface area (Å²) in [4.78, 5) is 24.1. The number of piperidine rings is 1. The molecule has 1 aliphatic rings. The zero-order valence-electron chi connectivity index (χ0n) is 15.9. The van der Waals surface area contributed by atoms with E-state index < -0.39 is 0 Å². The van der Waals surface area contributed by atoms with Crippen molar-refractivity contribution in [1.82, 2.24) is 9.97 Å². The highest BCUT2D eigenvalue weighted by atomic mass is 16.6. The minimum Gasteiger partial charge on any atom is -0.383 e. The lowest BCUT2D eigenvalue weighted by Gasteiger charge is -2.36. The van der Waals surface area contributed by atoms with Crippen LogP contribution in [-0.4, -0.2) is 68.0 Å². The maximum absolute atomic E-state index is 11.9. The third-order valence-corrected chi connectivity index (χ3v) is 4.77. The van der Waals surface area contributed by atoms with Crippen LogP contribution in [0.5, 0.6) is 0 Å². The highest BCUT2D eigenvalue weighted by Crippen LogP contribution is 2.37. The predicted molar refractivity (Wildman–Crippen MR) is 99.9 cm³/mol. The Morgan fingerprint density at radius 3 is 2.54 bits per heavy atom. The van der Waals surface area contributed by atoms with E-state index in [1.54, 1.807) is 14.2 Å². The van der Waals surface area contributed by atoms with Gasteiger partial charge in [-0.25, -0.2) is 9.97 Å². The molecule has 2 rings (SSSR count). The zero-order valence-corrected chi connectivity index (χ0v) is 15.9. The van der Waals surface area contributed by atoms with Crippen LogP contribution < -0.4 is 9.80 Å². The number of hydrogen-bond donors (Lipinski definition) is 0. The summed E-state index contributed by atoms with van der Waals surface area (Å²) >= 11 is 0. The molecule has 0 spiro atoms. The van der Waals surface area contributed by atoms with E-state index in [-0.39, 0.29) is 16.7 Å². The van der Waals surface area contributed by atoms with Gasteiger partial charge in [-0.2, -0.15) is 0 Å². The Labute approximate surface area is 154 Å². The van der Waals surface area contributed by atoms with Gasteiger partial charge in [0, 0.05) is 39.9 Å². The maximum Gasteiger partial charge on any atom is 0.353 e. The van der Waals surface area contributed by atoms with Gasteiger partial charge >= 0.3 is 5.69 Å². The average Bonchev–Trinajstić information content (AvgIpc) is 2.67. The maximum atomic E-state index is 11.9. The summed E-state index contributed by atoms with van der Waals surface area (Å²) in [5.74, 6) is 0.751. The summed E-state index contributed by atoms with van der Waals surface area (Å²) in [6, 6.07) is 0.275. The van der Waals surface area contributed by atoms with Crippen LogP contribution in [-0.2, 0) is 9.47 Å². The summed E-state index contributed by atoms with van der Waals surface area (Å²) in [5.41, 5.74) is -0.0277. The predicted octanol–water partition coefficient (Wildman–Crippen LogP) is 2.25. The number of aromatic nitrogens is 2. The van der Waals surface area contributed by atoms with Crippen molar-refractivity contribution in [2.24, 2.45) is 0 Å². The minimum atomic E-state index is -0.363. The van der Waals surface area contributed by atoms with Gasteiger partial charge in [-0.15, -0.1) is 0 Å². The number of rotatable bonds is 10. The lowest BCUT2D eigenvalue weighted by molar-refractivity contribution is -0.383. The van der Waals surface area contributed by atoms with E-state index in [0.717, 1.165) is 32.2 Å². The second-order valence-corrected chi connectivity index (χ2v) is 6.35. The summed E-state index contributed by atoms with van der Waals surface area (Å²) in [7, 11) is 3.21. The smallest absolute Gasteiger partial charge is 0.353 e. The van der Waals surface area contributed by atoms with Crippen LogP contribution in [0.2, 0.25) is 0 Å². The van der Waals surface area contributed by atoms with Crippen molar-refractivity contribution < 1.29 is 14.4 Å². The Morgan fingerprint density at radius 1 is 1.27 bits per heavy atom. The van der Waals surface area contributed by atoms with Crippen LogP contribution in [0, 0.1) is 10.1 Å². The highest BCUT2D eigenvalue weighted by Gasteiger charge is 2.33. The number of anilines is 2. The first kappa shape index (κ1) is 20.3. The Bertz CT molecular complexity index is 578. The topological polar surface area (TPSA) is 93.9 Å². The van der Waals surface area contributed by atoms with Gasteiger partial charge in [0.25, 0.3) is 0 Å². The van der Waals surface area contributed by atoms with Crippen LogP contribution >= 0.6 is 0 Å². The third-order valence-electron chi connectivity index (χ3n) is 4.77. The first-order valence-corrected chi connectivity index (χ1v) is 9.12. The molecular formula is C17H29N5O4. The lowest BCUT2D eigenvalue weighted by atomic mass is 10.00.